The molecule has 2 fully saturated rings. The molecule has 0 amide bonds. The van der Waals surface area contributed by atoms with Crippen molar-refractivity contribution in [1.29, 1.82) is 0 Å². The minimum Gasteiger partial charge on any atom is -0.459 e. The first-order valence-electron chi connectivity index (χ1n) is 14.5. The summed E-state index contributed by atoms with van der Waals surface area (Å²) in [6.45, 7) is 2.35. The molecule has 4 nitrogen and oxygen atoms in total. The van der Waals surface area contributed by atoms with E-state index in [2.05, 4.69) is 19.1 Å². The van der Waals surface area contributed by atoms with Crippen molar-refractivity contribution >= 4 is 24.1 Å². The molecule has 0 bridgehead atoms. The van der Waals surface area contributed by atoms with E-state index in [-0.39, 0.29) is 23.5 Å². The summed E-state index contributed by atoms with van der Waals surface area (Å²) >= 11 is 0. The molecule has 4 heteroatoms. The van der Waals surface area contributed by atoms with Crippen molar-refractivity contribution in [3.63, 3.8) is 0 Å². The van der Waals surface area contributed by atoms with E-state index in [0.29, 0.717) is 23.5 Å². The van der Waals surface area contributed by atoms with Gasteiger partial charge < -0.3 is 9.47 Å². The molecule has 0 aliphatic heterocycles. The number of fused-ring (bicyclic) bond motifs is 5. The number of hydrogen-bond acceptors (Lipinski definition) is 4. The van der Waals surface area contributed by atoms with Gasteiger partial charge in [0.05, 0.1) is 0 Å². The Morgan fingerprint density at radius 2 is 1.48 bits per heavy atom. The van der Waals surface area contributed by atoms with Crippen LogP contribution < -0.4 is 4.74 Å². The molecule has 40 heavy (non-hydrogen) atoms. The predicted molar refractivity (Wildman–Crippen MR) is 158 cm³/mol. The second-order valence-electron chi connectivity index (χ2n) is 11.7. The van der Waals surface area contributed by atoms with Gasteiger partial charge >= 0.3 is 11.9 Å². The Labute approximate surface area is 236 Å². The van der Waals surface area contributed by atoms with Gasteiger partial charge in [0.2, 0.25) is 0 Å². The number of esters is 2. The zero-order valence-corrected chi connectivity index (χ0v) is 23.0. The normalized spacial score (nSPS) is 27.1. The van der Waals surface area contributed by atoms with E-state index in [1.807, 2.05) is 72.8 Å². The van der Waals surface area contributed by atoms with Crippen LogP contribution in [0.15, 0.2) is 91.0 Å². The summed E-state index contributed by atoms with van der Waals surface area (Å²) in [5, 5.41) is 0. The van der Waals surface area contributed by atoms with Crippen LogP contribution in [-0.4, -0.2) is 18.0 Å². The molecule has 3 aromatic carbocycles. The third kappa shape index (κ3) is 5.40. The lowest BCUT2D eigenvalue weighted by molar-refractivity contribution is -0.151. The van der Waals surface area contributed by atoms with Gasteiger partial charge in [0.25, 0.3) is 0 Å². The van der Waals surface area contributed by atoms with Crippen LogP contribution in [0.5, 0.6) is 5.75 Å². The van der Waals surface area contributed by atoms with E-state index in [9.17, 15) is 9.59 Å². The summed E-state index contributed by atoms with van der Waals surface area (Å²) in [5.74, 6) is 1.66. The Balaban J connectivity index is 1.10. The van der Waals surface area contributed by atoms with Crippen molar-refractivity contribution in [2.45, 2.75) is 57.5 Å². The first-order chi connectivity index (χ1) is 19.5. The standard InChI is InChI=1S/C36H36O4/c1-36-23-22-30-29-17-15-28(39-34(37)20-12-25-8-4-2-5-9-25)24-27(29)14-16-31(30)32(36)18-19-33(36)40-35(38)21-13-26-10-6-3-7-11-26/h2-13,15,17,20-21,24,30-33H,14,16,18-19,22-23H2,1H3/b20-12+,21-13+/t30-,31+,32+,33-,36-/m0/s1. The average Bonchev–Trinajstić information content (AvgIpc) is 3.31. The summed E-state index contributed by atoms with van der Waals surface area (Å²) in [7, 11) is 0. The molecule has 0 N–H and O–H groups in total. The van der Waals surface area contributed by atoms with Crippen molar-refractivity contribution in [2.24, 2.45) is 17.3 Å². The van der Waals surface area contributed by atoms with E-state index in [4.69, 9.17) is 9.47 Å². The van der Waals surface area contributed by atoms with Gasteiger partial charge in [0.15, 0.2) is 0 Å². The molecule has 6 rings (SSSR count). The third-order valence-electron chi connectivity index (χ3n) is 9.51. The quantitative estimate of drug-likeness (QED) is 0.185. The van der Waals surface area contributed by atoms with E-state index < -0.39 is 0 Å². The number of aryl methyl sites for hydroxylation is 1. The van der Waals surface area contributed by atoms with Crippen LogP contribution in [0.4, 0.5) is 0 Å². The molecule has 5 atom stereocenters. The van der Waals surface area contributed by atoms with Crippen LogP contribution in [0.25, 0.3) is 12.2 Å². The fourth-order valence-electron chi connectivity index (χ4n) is 7.55. The lowest BCUT2D eigenvalue weighted by Crippen LogP contribution is -2.45. The largest absolute Gasteiger partial charge is 0.459 e. The lowest BCUT2D eigenvalue weighted by atomic mass is 9.55. The highest BCUT2D eigenvalue weighted by Crippen LogP contribution is 2.61. The number of carbonyl (C=O) groups is 2. The molecule has 0 heterocycles. The molecular weight excluding hydrogens is 496 g/mol. The monoisotopic (exact) mass is 532 g/mol. The Morgan fingerprint density at radius 3 is 2.17 bits per heavy atom. The topological polar surface area (TPSA) is 52.6 Å². The Morgan fingerprint density at radius 1 is 0.800 bits per heavy atom. The summed E-state index contributed by atoms with van der Waals surface area (Å²) < 4.78 is 11.7. The fourth-order valence-corrected chi connectivity index (χ4v) is 7.55. The molecular formula is C36H36O4. The van der Waals surface area contributed by atoms with Crippen molar-refractivity contribution in [3.8, 4) is 5.75 Å². The average molecular weight is 533 g/mol. The molecule has 0 radical (unpaired) electrons. The fraction of sp³-hybridized carbons (Fsp3) is 0.333. The SMILES string of the molecule is C[C@]12CC[C@H]3c4ccc(OC(=O)/C=C/c5ccccc5)cc4CC[C@H]3[C@H]1CC[C@@H]2OC(=O)/C=C/c1ccccc1. The van der Waals surface area contributed by atoms with Crippen molar-refractivity contribution in [1.82, 2.24) is 0 Å². The van der Waals surface area contributed by atoms with E-state index in [1.165, 1.54) is 17.2 Å². The van der Waals surface area contributed by atoms with Crippen LogP contribution in [0, 0.1) is 17.3 Å². The summed E-state index contributed by atoms with van der Waals surface area (Å²) in [5.41, 5.74) is 4.69. The third-order valence-corrected chi connectivity index (χ3v) is 9.51. The number of carbonyl (C=O) groups excluding carboxylic acids is 2. The zero-order valence-electron chi connectivity index (χ0n) is 23.0. The van der Waals surface area contributed by atoms with Gasteiger partial charge in [0.1, 0.15) is 11.9 Å². The van der Waals surface area contributed by atoms with Crippen LogP contribution in [0.3, 0.4) is 0 Å². The highest BCUT2D eigenvalue weighted by atomic mass is 16.5. The first-order valence-corrected chi connectivity index (χ1v) is 14.5. The second-order valence-corrected chi connectivity index (χ2v) is 11.7. The number of ether oxygens (including phenoxy) is 2. The van der Waals surface area contributed by atoms with Crippen molar-refractivity contribution in [2.75, 3.05) is 0 Å². The van der Waals surface area contributed by atoms with Gasteiger partial charge in [-0.05, 0) is 103 Å². The number of rotatable bonds is 6. The van der Waals surface area contributed by atoms with Crippen molar-refractivity contribution < 1.29 is 19.1 Å². The van der Waals surface area contributed by atoms with Gasteiger partial charge in [-0.3, -0.25) is 0 Å². The Bertz CT molecular complexity index is 1420. The molecule has 3 aliphatic carbocycles. The summed E-state index contributed by atoms with van der Waals surface area (Å²) in [6.07, 6.45) is 12.9. The highest BCUT2D eigenvalue weighted by Gasteiger charge is 2.56. The lowest BCUT2D eigenvalue weighted by Gasteiger charge is -2.50. The second kappa shape index (κ2) is 11.3. The van der Waals surface area contributed by atoms with E-state index in [0.717, 1.165) is 49.7 Å². The maximum atomic E-state index is 12.7. The summed E-state index contributed by atoms with van der Waals surface area (Å²) in [6, 6.07) is 25.8. The maximum absolute atomic E-state index is 12.7. The molecule has 3 aliphatic rings. The number of hydrogen-bond donors (Lipinski definition) is 0. The van der Waals surface area contributed by atoms with Gasteiger partial charge in [-0.15, -0.1) is 0 Å². The minimum absolute atomic E-state index is 0.0233. The molecule has 0 unspecified atom stereocenters. The Hall–Kier alpha value is -3.92. The van der Waals surface area contributed by atoms with Crippen LogP contribution in [0.2, 0.25) is 0 Å². The first kappa shape index (κ1) is 26.3. The molecule has 204 valence electrons. The van der Waals surface area contributed by atoms with Gasteiger partial charge in [-0.25, -0.2) is 9.59 Å². The summed E-state index contributed by atoms with van der Waals surface area (Å²) in [4.78, 5) is 25.1. The molecule has 0 aromatic heterocycles. The zero-order chi connectivity index (χ0) is 27.5. The molecule has 0 spiro atoms. The minimum atomic E-state index is -0.365. The molecule has 3 aromatic rings. The number of benzene rings is 3. The van der Waals surface area contributed by atoms with Gasteiger partial charge in [0, 0.05) is 17.6 Å². The van der Waals surface area contributed by atoms with Gasteiger partial charge in [-0.1, -0.05) is 73.7 Å². The van der Waals surface area contributed by atoms with Crippen LogP contribution >= 0.6 is 0 Å². The van der Waals surface area contributed by atoms with Gasteiger partial charge in [-0.2, -0.15) is 0 Å². The molecule has 0 saturated heterocycles. The predicted octanol–water partition coefficient (Wildman–Crippen LogP) is 7.79. The van der Waals surface area contributed by atoms with Crippen molar-refractivity contribution in [3.05, 3.63) is 113 Å². The highest BCUT2D eigenvalue weighted by molar-refractivity contribution is 5.88. The van der Waals surface area contributed by atoms with E-state index >= 15 is 0 Å². The smallest absolute Gasteiger partial charge is 0.336 e. The van der Waals surface area contributed by atoms with Crippen LogP contribution in [-0.2, 0) is 20.7 Å². The molecule has 2 saturated carbocycles. The van der Waals surface area contributed by atoms with E-state index in [1.54, 1.807) is 12.2 Å². The maximum Gasteiger partial charge on any atom is 0.336 e. The Kier molecular flexibility index (Phi) is 7.42. The van der Waals surface area contributed by atoms with Crippen LogP contribution in [0.1, 0.15) is 67.2 Å².